The van der Waals surface area contributed by atoms with Crippen molar-refractivity contribution >= 4 is 35.3 Å². The molecule has 0 aliphatic carbocycles. The van der Waals surface area contributed by atoms with Crippen LogP contribution in [0.3, 0.4) is 0 Å². The Bertz CT molecular complexity index is 298. The van der Waals surface area contributed by atoms with Gasteiger partial charge in [-0.3, -0.25) is 0 Å². The van der Waals surface area contributed by atoms with Crippen LogP contribution in [0.25, 0.3) is 6.08 Å². The normalized spacial score (nSPS) is 9.43. The number of hydrogen-bond acceptors (Lipinski definition) is 3. The van der Waals surface area contributed by atoms with Crippen LogP contribution in [0.4, 0.5) is 0 Å². The first-order valence-electron chi connectivity index (χ1n) is 3.84. The van der Waals surface area contributed by atoms with E-state index in [9.17, 15) is 0 Å². The van der Waals surface area contributed by atoms with E-state index in [0.29, 0.717) is 6.61 Å². The Kier molecular flexibility index (Phi) is 8.43. The quantitative estimate of drug-likeness (QED) is 0.397. The molecule has 4 heteroatoms. The Morgan fingerprint density at radius 1 is 1.36 bits per heavy atom. The largest absolute Gasteiger partial charge is 1.00 e. The summed E-state index contributed by atoms with van der Waals surface area (Å²) in [4.78, 5) is 0. The summed E-state index contributed by atoms with van der Waals surface area (Å²) >= 11 is 9.17. The van der Waals surface area contributed by atoms with E-state index in [1.54, 1.807) is 0 Å². The predicted octanol–water partition coefficient (Wildman–Crippen LogP) is -0.448. The molecule has 0 aromatic heterocycles. The molecule has 0 N–H and O–H groups in total. The first-order valence-corrected chi connectivity index (χ1v) is 4.66. The maximum Gasteiger partial charge on any atom is 1.00 e. The minimum Gasteiger partial charge on any atom is -0.509 e. The van der Waals surface area contributed by atoms with Crippen LogP contribution in [-0.2, 0) is 17.4 Å². The average Bonchev–Trinajstić information content (AvgIpc) is 2.14. The number of hydrogen-bond donors (Lipinski definition) is 0. The van der Waals surface area contributed by atoms with Crippen molar-refractivity contribution in [3.63, 3.8) is 0 Å². The maximum absolute atomic E-state index is 4.92. The van der Waals surface area contributed by atoms with Gasteiger partial charge in [0.25, 0.3) is 0 Å². The van der Waals surface area contributed by atoms with Gasteiger partial charge in [-0.05, 0) is 11.6 Å². The van der Waals surface area contributed by atoms with Gasteiger partial charge in [0.05, 0.1) is 0 Å². The molecular formula is C10H9NaOS2. The summed E-state index contributed by atoms with van der Waals surface area (Å²) in [5.41, 5.74) is 1.14. The Balaban J connectivity index is 0.00000169. The molecule has 0 heterocycles. The zero-order valence-corrected chi connectivity index (χ0v) is 11.6. The number of benzene rings is 1. The fourth-order valence-electron chi connectivity index (χ4n) is 0.864. The van der Waals surface area contributed by atoms with E-state index in [1.165, 1.54) is 0 Å². The van der Waals surface area contributed by atoms with E-state index < -0.39 is 0 Å². The van der Waals surface area contributed by atoms with Gasteiger partial charge in [-0.15, -0.1) is 0 Å². The molecule has 1 aromatic carbocycles. The van der Waals surface area contributed by atoms with Crippen LogP contribution in [0.5, 0.6) is 0 Å². The first-order chi connectivity index (χ1) is 6.29. The fraction of sp³-hybridized carbons (Fsp3) is 0.100. The number of rotatable bonds is 3. The van der Waals surface area contributed by atoms with Gasteiger partial charge in [-0.25, -0.2) is 0 Å². The Hall–Kier alpha value is 0.0700. The molecule has 0 unspecified atom stereocenters. The van der Waals surface area contributed by atoms with Crippen molar-refractivity contribution in [2.45, 2.75) is 0 Å². The van der Waals surface area contributed by atoms with Crippen molar-refractivity contribution in [2.75, 3.05) is 6.61 Å². The summed E-state index contributed by atoms with van der Waals surface area (Å²) in [6.07, 6.45) is 3.85. The van der Waals surface area contributed by atoms with Gasteiger partial charge >= 0.3 is 29.6 Å². The molecule has 0 saturated carbocycles. The summed E-state index contributed by atoms with van der Waals surface area (Å²) < 4.78 is 5.09. The monoisotopic (exact) mass is 232 g/mol. The molecule has 0 saturated heterocycles. The number of thiocarbonyl (C=S) groups is 1. The Morgan fingerprint density at radius 2 is 2.00 bits per heavy atom. The van der Waals surface area contributed by atoms with Crippen molar-refractivity contribution in [3.05, 3.63) is 42.0 Å². The van der Waals surface area contributed by atoms with Gasteiger partial charge in [-0.1, -0.05) is 36.4 Å². The third kappa shape index (κ3) is 6.51. The molecule has 1 nitrogen and oxygen atoms in total. The average molecular weight is 232 g/mol. The molecule has 1 aromatic rings. The van der Waals surface area contributed by atoms with E-state index in [2.05, 4.69) is 24.8 Å². The van der Waals surface area contributed by atoms with Crippen LogP contribution < -0.4 is 29.6 Å². The van der Waals surface area contributed by atoms with Crippen molar-refractivity contribution in [1.82, 2.24) is 0 Å². The predicted molar refractivity (Wildman–Crippen MR) is 61.4 cm³/mol. The van der Waals surface area contributed by atoms with Crippen LogP contribution in [0.15, 0.2) is 36.4 Å². The SMILES string of the molecule is S=C([S-])OC/C=C/c1ccccc1.[Na+]. The third-order valence-corrected chi connectivity index (χ3v) is 1.64. The topological polar surface area (TPSA) is 9.23 Å². The third-order valence-electron chi connectivity index (χ3n) is 1.41. The fourth-order valence-corrected chi connectivity index (χ4v) is 1.00. The summed E-state index contributed by atoms with van der Waals surface area (Å²) in [5.74, 6) is 0. The molecule has 1 rings (SSSR count). The van der Waals surface area contributed by atoms with Crippen LogP contribution in [-0.4, -0.2) is 11.0 Å². The second-order valence-corrected chi connectivity index (χ2v) is 3.37. The maximum atomic E-state index is 4.92. The van der Waals surface area contributed by atoms with Crippen molar-refractivity contribution in [3.8, 4) is 0 Å². The van der Waals surface area contributed by atoms with Gasteiger partial charge in [0.15, 0.2) is 0 Å². The van der Waals surface area contributed by atoms with Crippen LogP contribution in [0, 0.1) is 0 Å². The molecule has 68 valence electrons. The zero-order valence-electron chi connectivity index (χ0n) is 7.97. The zero-order chi connectivity index (χ0) is 9.52. The van der Waals surface area contributed by atoms with Gasteiger partial charge in [0.2, 0.25) is 0 Å². The van der Waals surface area contributed by atoms with Crippen LogP contribution in [0.1, 0.15) is 5.56 Å². The van der Waals surface area contributed by atoms with Crippen LogP contribution in [0.2, 0.25) is 0 Å². The molecule has 0 amide bonds. The van der Waals surface area contributed by atoms with Crippen LogP contribution >= 0.6 is 12.2 Å². The minimum absolute atomic E-state index is 0. The second-order valence-electron chi connectivity index (χ2n) is 2.37. The molecule has 0 spiro atoms. The molecular weight excluding hydrogens is 223 g/mol. The summed E-state index contributed by atoms with van der Waals surface area (Å²) in [7, 11) is 0. The standard InChI is InChI=1S/C10H10OS2.Na/c12-10(13)11-8-4-7-9-5-2-1-3-6-9;/h1-7H,8H2,(H,12,13);/q;+1/p-1/b7-4+;. The summed E-state index contributed by atoms with van der Waals surface area (Å²) in [6, 6.07) is 9.98. The van der Waals surface area contributed by atoms with E-state index in [-0.39, 0.29) is 33.9 Å². The smallest absolute Gasteiger partial charge is 0.509 e. The van der Waals surface area contributed by atoms with Crippen molar-refractivity contribution in [1.29, 1.82) is 0 Å². The van der Waals surface area contributed by atoms with Crippen molar-refractivity contribution in [2.24, 2.45) is 0 Å². The minimum atomic E-state index is 0. The summed E-state index contributed by atoms with van der Waals surface area (Å²) in [6.45, 7) is 0.442. The Labute approximate surface area is 117 Å². The first kappa shape index (κ1) is 14.1. The molecule has 0 bridgehead atoms. The molecule has 0 aliphatic heterocycles. The summed E-state index contributed by atoms with van der Waals surface area (Å²) in [5, 5.41) is 0. The van der Waals surface area contributed by atoms with Gasteiger partial charge in [0.1, 0.15) is 6.61 Å². The van der Waals surface area contributed by atoms with E-state index in [1.807, 2.05) is 42.5 Å². The molecule has 0 radical (unpaired) electrons. The molecule has 0 aliphatic rings. The van der Waals surface area contributed by atoms with E-state index >= 15 is 0 Å². The van der Waals surface area contributed by atoms with Gasteiger partial charge < -0.3 is 29.6 Å². The van der Waals surface area contributed by atoms with Gasteiger partial charge in [-0.2, -0.15) is 0 Å². The van der Waals surface area contributed by atoms with Crippen molar-refractivity contribution < 1.29 is 34.3 Å². The Morgan fingerprint density at radius 3 is 2.57 bits per heavy atom. The van der Waals surface area contributed by atoms with E-state index in [4.69, 9.17) is 4.74 Å². The molecule has 14 heavy (non-hydrogen) atoms. The van der Waals surface area contributed by atoms with Gasteiger partial charge in [0, 0.05) is 4.38 Å². The van der Waals surface area contributed by atoms with E-state index in [0.717, 1.165) is 5.56 Å². The number of ether oxygens (including phenoxy) is 1. The second kappa shape index (κ2) is 8.38. The molecule has 0 fully saturated rings. The molecule has 0 atom stereocenters.